The molecule has 1 saturated carbocycles. The van der Waals surface area contributed by atoms with E-state index in [2.05, 4.69) is 43.0 Å². The lowest BCUT2D eigenvalue weighted by atomic mass is 9.76. The van der Waals surface area contributed by atoms with Gasteiger partial charge in [-0.2, -0.15) is 0 Å². The quantitative estimate of drug-likeness (QED) is 0.549. The number of hydrogen-bond acceptors (Lipinski definition) is 2. The topological polar surface area (TPSA) is 36.1 Å². The Morgan fingerprint density at radius 1 is 1.25 bits per heavy atom. The number of thiocarbonyl (C=S) groups is 1. The summed E-state index contributed by atoms with van der Waals surface area (Å²) in [4.78, 5) is 0. The zero-order chi connectivity index (χ0) is 14.6. The van der Waals surface area contributed by atoms with Crippen molar-refractivity contribution in [3.63, 3.8) is 0 Å². The first-order chi connectivity index (χ1) is 9.44. The molecule has 0 aliphatic heterocycles. The second kappa shape index (κ2) is 6.79. The molecule has 0 spiro atoms. The second-order valence-corrected chi connectivity index (χ2v) is 7.64. The predicted octanol–water partition coefficient (Wildman–Crippen LogP) is 3.63. The van der Waals surface area contributed by atoms with Gasteiger partial charge in [-0.25, -0.2) is 0 Å². The molecule has 0 saturated heterocycles. The van der Waals surface area contributed by atoms with Gasteiger partial charge >= 0.3 is 0 Å². The molecule has 3 N–H and O–H groups in total. The molecule has 2 rings (SSSR count). The number of hydrazine groups is 1. The van der Waals surface area contributed by atoms with Crippen LogP contribution in [0.2, 0.25) is 0 Å². The summed E-state index contributed by atoms with van der Waals surface area (Å²) in [6, 6.07) is 0.557. The van der Waals surface area contributed by atoms with Crippen molar-refractivity contribution in [3.8, 4) is 0 Å². The van der Waals surface area contributed by atoms with Crippen LogP contribution in [0.4, 0.5) is 0 Å². The molecule has 0 amide bonds. The lowest BCUT2D eigenvalue weighted by Gasteiger charge is -2.33. The van der Waals surface area contributed by atoms with Crippen molar-refractivity contribution < 1.29 is 0 Å². The van der Waals surface area contributed by atoms with Gasteiger partial charge in [-0.15, -0.1) is 0 Å². The van der Waals surface area contributed by atoms with E-state index in [9.17, 15) is 0 Å². The van der Waals surface area contributed by atoms with Gasteiger partial charge in [0.25, 0.3) is 0 Å². The summed E-state index contributed by atoms with van der Waals surface area (Å²) in [6.45, 7) is 6.90. The maximum Gasteiger partial charge on any atom is 0.185 e. The molecule has 2 aliphatic carbocycles. The molecule has 0 aromatic heterocycles. The summed E-state index contributed by atoms with van der Waals surface area (Å²) in [5.74, 6) is 0.721. The Labute approximate surface area is 128 Å². The van der Waals surface area contributed by atoms with Crippen LogP contribution >= 0.6 is 12.2 Å². The fourth-order valence-electron chi connectivity index (χ4n) is 3.63. The highest BCUT2D eigenvalue weighted by Crippen LogP contribution is 2.35. The largest absolute Gasteiger partial charge is 0.359 e. The zero-order valence-corrected chi connectivity index (χ0v) is 13.9. The van der Waals surface area contributed by atoms with Crippen molar-refractivity contribution in [2.45, 2.75) is 71.8 Å². The molecular weight excluding hydrogens is 266 g/mol. The molecule has 0 heterocycles. The van der Waals surface area contributed by atoms with E-state index >= 15 is 0 Å². The molecule has 4 heteroatoms. The summed E-state index contributed by atoms with van der Waals surface area (Å²) < 4.78 is 0. The molecule has 0 aromatic rings. The fraction of sp³-hybridized carbons (Fsp3) is 0.812. The smallest absolute Gasteiger partial charge is 0.185 e. The van der Waals surface area contributed by atoms with Gasteiger partial charge < -0.3 is 10.7 Å². The molecule has 2 aliphatic rings. The Bertz CT molecular complexity index is 370. The van der Waals surface area contributed by atoms with Crippen LogP contribution in [-0.4, -0.2) is 11.2 Å². The number of hydrogen-bond donors (Lipinski definition) is 3. The third-order valence-electron chi connectivity index (χ3n) is 4.28. The third-order valence-corrected chi connectivity index (χ3v) is 4.50. The Hall–Kier alpha value is -0.770. The predicted molar refractivity (Wildman–Crippen MR) is 89.1 cm³/mol. The Kier molecular flexibility index (Phi) is 5.30. The Morgan fingerprint density at radius 3 is 2.60 bits per heavy atom. The summed E-state index contributed by atoms with van der Waals surface area (Å²) in [7, 11) is 0. The first-order valence-electron chi connectivity index (χ1n) is 7.99. The van der Waals surface area contributed by atoms with Crippen LogP contribution in [-0.2, 0) is 0 Å². The van der Waals surface area contributed by atoms with Crippen molar-refractivity contribution in [3.05, 3.63) is 11.8 Å². The van der Waals surface area contributed by atoms with Crippen LogP contribution in [0.15, 0.2) is 11.8 Å². The van der Waals surface area contributed by atoms with E-state index in [1.165, 1.54) is 44.2 Å². The molecule has 0 unspecified atom stereocenters. The minimum absolute atomic E-state index is 0.278. The van der Waals surface area contributed by atoms with Crippen LogP contribution < -0.4 is 16.2 Å². The fourth-order valence-corrected chi connectivity index (χ4v) is 3.85. The molecule has 20 heavy (non-hydrogen) atoms. The van der Waals surface area contributed by atoms with Gasteiger partial charge in [0.15, 0.2) is 5.11 Å². The molecule has 3 nitrogen and oxygen atoms in total. The van der Waals surface area contributed by atoms with Gasteiger partial charge in [-0.05, 0) is 49.2 Å². The van der Waals surface area contributed by atoms with Gasteiger partial charge in [-0.1, -0.05) is 46.1 Å². The molecule has 1 fully saturated rings. The van der Waals surface area contributed by atoms with E-state index in [0.29, 0.717) is 6.04 Å². The average Bonchev–Trinajstić information content (AvgIpc) is 2.35. The summed E-state index contributed by atoms with van der Waals surface area (Å²) in [5, 5.41) is 4.15. The molecular formula is C16H29N3S. The lowest BCUT2D eigenvalue weighted by Crippen LogP contribution is -2.48. The second-order valence-electron chi connectivity index (χ2n) is 7.23. The number of nitrogens with one attached hydrogen (secondary N) is 3. The van der Waals surface area contributed by atoms with Gasteiger partial charge in [0.2, 0.25) is 0 Å². The minimum Gasteiger partial charge on any atom is -0.359 e. The van der Waals surface area contributed by atoms with E-state index in [0.717, 1.165) is 17.5 Å². The maximum absolute atomic E-state index is 5.38. The summed E-state index contributed by atoms with van der Waals surface area (Å²) >= 11 is 5.38. The van der Waals surface area contributed by atoms with Crippen molar-refractivity contribution in [1.29, 1.82) is 0 Å². The van der Waals surface area contributed by atoms with E-state index in [1.807, 2.05) is 0 Å². The van der Waals surface area contributed by atoms with Crippen molar-refractivity contribution in [2.24, 2.45) is 11.3 Å². The van der Waals surface area contributed by atoms with Crippen molar-refractivity contribution in [2.75, 3.05) is 0 Å². The summed E-state index contributed by atoms with van der Waals surface area (Å²) in [5.41, 5.74) is 8.01. The minimum atomic E-state index is 0.278. The van der Waals surface area contributed by atoms with E-state index in [1.54, 1.807) is 0 Å². The highest BCUT2D eigenvalue weighted by molar-refractivity contribution is 7.80. The first kappa shape index (κ1) is 15.6. The number of rotatable bonds is 3. The maximum atomic E-state index is 5.38. The van der Waals surface area contributed by atoms with Gasteiger partial charge in [0, 0.05) is 11.7 Å². The van der Waals surface area contributed by atoms with Gasteiger partial charge in [-0.3, -0.25) is 5.43 Å². The van der Waals surface area contributed by atoms with Crippen LogP contribution in [0, 0.1) is 11.3 Å². The van der Waals surface area contributed by atoms with Crippen molar-refractivity contribution in [1.82, 2.24) is 16.2 Å². The summed E-state index contributed by atoms with van der Waals surface area (Å²) in [6.07, 6.45) is 11.2. The van der Waals surface area contributed by atoms with E-state index < -0.39 is 0 Å². The molecule has 114 valence electrons. The van der Waals surface area contributed by atoms with E-state index in [-0.39, 0.29) is 5.41 Å². The van der Waals surface area contributed by atoms with Gasteiger partial charge in [0.1, 0.15) is 0 Å². The normalized spacial score (nSPS) is 26.6. The van der Waals surface area contributed by atoms with E-state index in [4.69, 9.17) is 12.2 Å². The van der Waals surface area contributed by atoms with Crippen LogP contribution in [0.1, 0.15) is 65.7 Å². The van der Waals surface area contributed by atoms with Crippen molar-refractivity contribution >= 4 is 17.3 Å². The van der Waals surface area contributed by atoms with Gasteiger partial charge in [0.05, 0.1) is 0 Å². The standard InChI is InChI=1S/C16H29N3S/c1-12-9-14(11-16(2,3)10-12)18-19-15(20)17-13-7-5-4-6-8-13/h11-13,18H,4-10H2,1-3H3,(H2,17,19,20)/t12-/m1/s1. The highest BCUT2D eigenvalue weighted by Gasteiger charge is 2.25. The number of allylic oxidation sites excluding steroid dienone is 2. The molecule has 1 atom stereocenters. The van der Waals surface area contributed by atoms with Crippen LogP contribution in [0.5, 0.6) is 0 Å². The Balaban J connectivity index is 1.76. The monoisotopic (exact) mass is 295 g/mol. The molecule has 0 radical (unpaired) electrons. The SMILES string of the molecule is C[C@@H]1CC(NNC(=S)NC2CCCCC2)=CC(C)(C)C1. The molecule has 0 bridgehead atoms. The lowest BCUT2D eigenvalue weighted by molar-refractivity contribution is 0.312. The molecule has 0 aromatic carbocycles. The highest BCUT2D eigenvalue weighted by atomic mass is 32.1. The zero-order valence-electron chi connectivity index (χ0n) is 13.1. The third kappa shape index (κ3) is 4.97. The average molecular weight is 295 g/mol. The van der Waals surface area contributed by atoms with Crippen LogP contribution in [0.3, 0.4) is 0 Å². The Morgan fingerprint density at radius 2 is 1.95 bits per heavy atom. The first-order valence-corrected chi connectivity index (χ1v) is 8.40. The van der Waals surface area contributed by atoms with Crippen LogP contribution in [0.25, 0.3) is 0 Å².